The second kappa shape index (κ2) is 9.29. The Bertz CT molecular complexity index is 680. The summed E-state index contributed by atoms with van der Waals surface area (Å²) in [5, 5.41) is 0. The van der Waals surface area contributed by atoms with Crippen molar-refractivity contribution in [2.75, 3.05) is 0 Å². The minimum Gasteiger partial charge on any atom is -0.0911 e. The van der Waals surface area contributed by atoms with E-state index in [1.54, 1.807) is 0 Å². The van der Waals surface area contributed by atoms with Crippen LogP contribution in [0.4, 0.5) is 0 Å². The Morgan fingerprint density at radius 2 is 1.48 bits per heavy atom. The zero-order valence-electron chi connectivity index (χ0n) is 19.1. The Labute approximate surface area is 180 Å². The first-order chi connectivity index (χ1) is 14.2. The highest BCUT2D eigenvalue weighted by atomic mass is 14.6. The van der Waals surface area contributed by atoms with Crippen molar-refractivity contribution < 1.29 is 0 Å². The van der Waals surface area contributed by atoms with Crippen LogP contribution in [0.2, 0.25) is 0 Å². The first kappa shape index (κ1) is 21.0. The lowest BCUT2D eigenvalue weighted by Crippen LogP contribution is -2.45. The Morgan fingerprint density at radius 3 is 2.07 bits per heavy atom. The van der Waals surface area contributed by atoms with Gasteiger partial charge in [-0.05, 0) is 92.7 Å². The molecule has 0 aromatic heterocycles. The quantitative estimate of drug-likeness (QED) is 0.428. The highest BCUT2D eigenvalue weighted by Gasteiger charge is 2.51. The topological polar surface area (TPSA) is 0 Å². The van der Waals surface area contributed by atoms with Crippen LogP contribution in [0.1, 0.15) is 115 Å². The number of hydrogen-bond donors (Lipinski definition) is 0. The molecule has 0 nitrogen and oxygen atoms in total. The molecule has 4 aliphatic carbocycles. The summed E-state index contributed by atoms with van der Waals surface area (Å²) in [4.78, 5) is 0. The van der Waals surface area contributed by atoms with E-state index in [0.29, 0.717) is 10.8 Å². The van der Waals surface area contributed by atoms with E-state index in [1.807, 2.05) is 0 Å². The van der Waals surface area contributed by atoms with E-state index in [4.69, 9.17) is 0 Å². The van der Waals surface area contributed by atoms with Crippen molar-refractivity contribution in [2.24, 2.45) is 22.7 Å². The minimum atomic E-state index is 0.335. The van der Waals surface area contributed by atoms with Gasteiger partial charge >= 0.3 is 0 Å². The number of fused-ring (bicyclic) bond motifs is 3. The van der Waals surface area contributed by atoms with Crippen molar-refractivity contribution in [1.82, 2.24) is 0 Å². The van der Waals surface area contributed by atoms with Crippen molar-refractivity contribution in [3.05, 3.63) is 35.4 Å². The SMILES string of the molecule is CCCC[C@H]1CC[C@H](C23CCC(C#Cc4ccc(CCC)cc4)(CC2)CC3)CC1. The molecule has 1 aromatic rings. The summed E-state index contributed by atoms with van der Waals surface area (Å²) in [6.45, 7) is 4.59. The van der Waals surface area contributed by atoms with Gasteiger partial charge in [-0.15, -0.1) is 0 Å². The fourth-order valence-corrected chi connectivity index (χ4v) is 6.82. The third-order valence-corrected chi connectivity index (χ3v) is 8.95. The van der Waals surface area contributed by atoms with E-state index in [0.717, 1.165) is 11.8 Å². The van der Waals surface area contributed by atoms with Crippen LogP contribution in [0, 0.1) is 34.5 Å². The highest BCUT2D eigenvalue weighted by molar-refractivity contribution is 5.38. The predicted molar refractivity (Wildman–Crippen MR) is 125 cm³/mol. The zero-order valence-corrected chi connectivity index (χ0v) is 19.1. The van der Waals surface area contributed by atoms with Crippen LogP contribution in [0.25, 0.3) is 0 Å². The van der Waals surface area contributed by atoms with Gasteiger partial charge in [-0.2, -0.15) is 0 Å². The van der Waals surface area contributed by atoms with Gasteiger partial charge in [-0.3, -0.25) is 0 Å². The van der Waals surface area contributed by atoms with E-state index in [-0.39, 0.29) is 0 Å². The Hall–Kier alpha value is -1.22. The van der Waals surface area contributed by atoms with Crippen molar-refractivity contribution >= 4 is 0 Å². The molecule has 0 N–H and O–H groups in total. The van der Waals surface area contributed by atoms with Gasteiger partial charge in [0.05, 0.1) is 0 Å². The van der Waals surface area contributed by atoms with Gasteiger partial charge in [0.15, 0.2) is 0 Å². The number of rotatable bonds is 6. The number of hydrogen-bond acceptors (Lipinski definition) is 0. The van der Waals surface area contributed by atoms with Crippen LogP contribution in [0.3, 0.4) is 0 Å². The molecule has 4 aliphatic rings. The lowest BCUT2D eigenvalue weighted by molar-refractivity contribution is -0.0379. The Kier molecular flexibility index (Phi) is 6.73. The lowest BCUT2D eigenvalue weighted by atomic mass is 9.48. The van der Waals surface area contributed by atoms with E-state index in [2.05, 4.69) is 50.0 Å². The predicted octanol–water partition coefficient (Wildman–Crippen LogP) is 8.33. The molecule has 5 rings (SSSR count). The molecule has 0 unspecified atom stereocenters. The Morgan fingerprint density at radius 1 is 0.828 bits per heavy atom. The fourth-order valence-electron chi connectivity index (χ4n) is 6.82. The third kappa shape index (κ3) is 4.76. The van der Waals surface area contributed by atoms with Crippen LogP contribution in [0.15, 0.2) is 24.3 Å². The smallest absolute Gasteiger partial charge is 0.0319 e. The van der Waals surface area contributed by atoms with Gasteiger partial charge in [0, 0.05) is 11.0 Å². The van der Waals surface area contributed by atoms with Crippen LogP contribution >= 0.6 is 0 Å². The molecule has 0 atom stereocenters. The zero-order chi connectivity index (χ0) is 20.2. The summed E-state index contributed by atoms with van der Waals surface area (Å²) in [6, 6.07) is 9.02. The molecule has 4 saturated carbocycles. The molecule has 0 radical (unpaired) electrons. The molecule has 0 spiro atoms. The van der Waals surface area contributed by atoms with Gasteiger partial charge in [-0.25, -0.2) is 0 Å². The third-order valence-electron chi connectivity index (χ3n) is 8.95. The summed E-state index contributed by atoms with van der Waals surface area (Å²) in [5.74, 6) is 9.43. The van der Waals surface area contributed by atoms with Gasteiger partial charge < -0.3 is 0 Å². The van der Waals surface area contributed by atoms with Crippen LogP contribution in [0.5, 0.6) is 0 Å². The number of unbranched alkanes of at least 4 members (excludes halogenated alkanes) is 1. The molecule has 158 valence electrons. The highest BCUT2D eigenvalue weighted by Crippen LogP contribution is 2.62. The molecule has 0 heterocycles. The van der Waals surface area contributed by atoms with E-state index >= 15 is 0 Å². The number of benzene rings is 1. The van der Waals surface area contributed by atoms with Gasteiger partial charge in [0.1, 0.15) is 0 Å². The maximum absolute atomic E-state index is 3.79. The molecule has 0 amide bonds. The number of aryl methyl sites for hydroxylation is 1. The van der Waals surface area contributed by atoms with Crippen LogP contribution in [-0.2, 0) is 6.42 Å². The van der Waals surface area contributed by atoms with Crippen LogP contribution < -0.4 is 0 Å². The summed E-state index contributed by atoms with van der Waals surface area (Å²) in [6.07, 6.45) is 21.3. The molecule has 4 fully saturated rings. The molecular weight excluding hydrogens is 348 g/mol. The second-order valence-electron chi connectivity index (χ2n) is 10.7. The maximum Gasteiger partial charge on any atom is 0.0319 e. The summed E-state index contributed by atoms with van der Waals surface area (Å²) in [7, 11) is 0. The average molecular weight is 391 g/mol. The van der Waals surface area contributed by atoms with Crippen molar-refractivity contribution in [3.63, 3.8) is 0 Å². The first-order valence-electron chi connectivity index (χ1n) is 12.8. The van der Waals surface area contributed by atoms with Crippen molar-refractivity contribution in [2.45, 2.75) is 110 Å². The normalized spacial score (nSPS) is 33.9. The summed E-state index contributed by atoms with van der Waals surface area (Å²) < 4.78 is 0. The molecule has 2 bridgehead atoms. The first-order valence-corrected chi connectivity index (χ1v) is 12.8. The van der Waals surface area contributed by atoms with E-state index in [1.165, 1.54) is 107 Å². The summed E-state index contributed by atoms with van der Waals surface area (Å²) >= 11 is 0. The van der Waals surface area contributed by atoms with Crippen LogP contribution in [-0.4, -0.2) is 0 Å². The summed E-state index contributed by atoms with van der Waals surface area (Å²) in [5.41, 5.74) is 3.69. The largest absolute Gasteiger partial charge is 0.0911 e. The monoisotopic (exact) mass is 390 g/mol. The molecule has 29 heavy (non-hydrogen) atoms. The molecule has 1 aromatic carbocycles. The van der Waals surface area contributed by atoms with E-state index < -0.39 is 0 Å². The molecule has 0 saturated heterocycles. The van der Waals surface area contributed by atoms with Crippen molar-refractivity contribution in [1.29, 1.82) is 0 Å². The van der Waals surface area contributed by atoms with Gasteiger partial charge in [0.25, 0.3) is 0 Å². The lowest BCUT2D eigenvalue weighted by Gasteiger charge is -2.56. The fraction of sp³-hybridized carbons (Fsp3) is 0.724. The molecule has 0 heteroatoms. The molecular formula is C29H42. The standard InChI is InChI=1S/C29H42/c1-3-5-7-25-12-14-27(15-13-25)29-21-18-28(19-22-29,20-23-29)17-16-26-10-8-24(6-4-2)9-11-26/h8-11,25,27H,3-7,12-15,18-23H2,1-2H3/t25-,27-,28?,29?. The van der Waals surface area contributed by atoms with Gasteiger partial charge in [-0.1, -0.05) is 76.3 Å². The van der Waals surface area contributed by atoms with Crippen molar-refractivity contribution in [3.8, 4) is 11.8 Å². The van der Waals surface area contributed by atoms with E-state index in [9.17, 15) is 0 Å². The average Bonchev–Trinajstić information content (AvgIpc) is 2.79. The maximum atomic E-state index is 3.79. The second-order valence-corrected chi connectivity index (χ2v) is 10.7. The van der Waals surface area contributed by atoms with Gasteiger partial charge in [0.2, 0.25) is 0 Å². The Balaban J connectivity index is 1.33. The minimum absolute atomic E-state index is 0.335. The molecule has 0 aliphatic heterocycles.